The first kappa shape index (κ1) is 14.9. The number of carboxylic acids is 1. The van der Waals surface area contributed by atoms with Gasteiger partial charge in [-0.15, -0.1) is 11.8 Å². The van der Waals surface area contributed by atoms with Gasteiger partial charge in [-0.25, -0.2) is 5.43 Å². The number of carboxylic acid groups (broad SMARTS) is 1. The number of nitrogens with one attached hydrogen (secondary N) is 2. The smallest absolute Gasteiger partial charge is 0.325 e. The number of carbonyl (C=O) groups is 1. The third kappa shape index (κ3) is 2.22. The van der Waals surface area contributed by atoms with Gasteiger partial charge in [0.05, 0.1) is 11.7 Å². The molecule has 3 atom stereocenters. The van der Waals surface area contributed by atoms with Gasteiger partial charge in [-0.2, -0.15) is 5.10 Å². The number of nitrogens with zero attached hydrogens (tertiary/aromatic N) is 1. The van der Waals surface area contributed by atoms with Gasteiger partial charge in [0, 0.05) is 6.20 Å². The SMILES string of the molecule is CSC(NN)(c1ccn[nH]1)C(N)C(C)(N)C(=O)O. The van der Waals surface area contributed by atoms with Crippen molar-refractivity contribution in [3.05, 3.63) is 18.0 Å². The Labute approximate surface area is 109 Å². The predicted molar refractivity (Wildman–Crippen MR) is 69.3 cm³/mol. The first-order chi connectivity index (χ1) is 8.32. The summed E-state index contributed by atoms with van der Waals surface area (Å²) >= 11 is 1.25. The van der Waals surface area contributed by atoms with Crippen LogP contribution in [0.3, 0.4) is 0 Å². The molecule has 18 heavy (non-hydrogen) atoms. The lowest BCUT2D eigenvalue weighted by Gasteiger charge is -2.41. The molecular formula is C9H18N6O2S. The molecule has 3 unspecified atom stereocenters. The molecule has 102 valence electrons. The fourth-order valence-corrected chi connectivity index (χ4v) is 2.60. The van der Waals surface area contributed by atoms with Crippen molar-refractivity contribution in [2.45, 2.75) is 23.4 Å². The Kier molecular flexibility index (Phi) is 4.35. The Hall–Kier alpha value is -1.13. The molecule has 0 bridgehead atoms. The molecule has 0 saturated carbocycles. The number of H-pyrrole nitrogens is 1. The van der Waals surface area contributed by atoms with Crippen molar-refractivity contribution < 1.29 is 9.90 Å². The zero-order valence-corrected chi connectivity index (χ0v) is 11.0. The molecule has 8 nitrogen and oxygen atoms in total. The summed E-state index contributed by atoms with van der Waals surface area (Å²) in [6.45, 7) is 1.35. The molecule has 1 aromatic heterocycles. The normalized spacial score (nSPS) is 19.8. The number of hydrazine groups is 1. The molecule has 9 heteroatoms. The molecular weight excluding hydrogens is 256 g/mol. The lowest BCUT2D eigenvalue weighted by Crippen LogP contribution is -2.70. The van der Waals surface area contributed by atoms with Crippen LogP contribution >= 0.6 is 11.8 Å². The van der Waals surface area contributed by atoms with Gasteiger partial charge in [-0.05, 0) is 19.2 Å². The highest BCUT2D eigenvalue weighted by Gasteiger charge is 2.50. The van der Waals surface area contributed by atoms with Crippen LogP contribution in [0.4, 0.5) is 0 Å². The largest absolute Gasteiger partial charge is 0.480 e. The predicted octanol–water partition coefficient (Wildman–Crippen LogP) is -1.48. The second-order valence-electron chi connectivity index (χ2n) is 4.12. The molecule has 0 aromatic carbocycles. The maximum absolute atomic E-state index is 11.2. The highest BCUT2D eigenvalue weighted by molar-refractivity contribution is 7.99. The van der Waals surface area contributed by atoms with Crippen LogP contribution in [0.15, 0.2) is 12.3 Å². The van der Waals surface area contributed by atoms with Crippen molar-refractivity contribution >= 4 is 17.7 Å². The summed E-state index contributed by atoms with van der Waals surface area (Å²) in [5.41, 5.74) is 13.3. The van der Waals surface area contributed by atoms with E-state index in [1.165, 1.54) is 24.9 Å². The summed E-state index contributed by atoms with van der Waals surface area (Å²) in [5, 5.41) is 15.7. The topological polar surface area (TPSA) is 156 Å². The molecule has 0 saturated heterocycles. The standard InChI is InChI=1S/C9H18N6O2S/c1-8(11,7(16)17)6(10)9(15-12,18-2)5-3-4-13-14-5/h3-4,6,15H,10-12H2,1-2H3,(H,13,14)(H,16,17). The number of nitrogens with two attached hydrogens (primary N) is 3. The van der Waals surface area contributed by atoms with Crippen LogP contribution in [-0.4, -0.2) is 39.1 Å². The van der Waals surface area contributed by atoms with Crippen LogP contribution in [0.2, 0.25) is 0 Å². The molecule has 0 aliphatic rings. The lowest BCUT2D eigenvalue weighted by atomic mass is 9.86. The first-order valence-corrected chi connectivity index (χ1v) is 6.36. The Morgan fingerprint density at radius 2 is 2.33 bits per heavy atom. The van der Waals surface area contributed by atoms with Gasteiger partial charge in [0.15, 0.2) is 0 Å². The highest BCUT2D eigenvalue weighted by Crippen LogP contribution is 2.36. The van der Waals surface area contributed by atoms with Crippen LogP contribution in [-0.2, 0) is 9.67 Å². The van der Waals surface area contributed by atoms with Crippen LogP contribution in [0.5, 0.6) is 0 Å². The zero-order valence-electron chi connectivity index (χ0n) is 10.2. The van der Waals surface area contributed by atoms with Crippen molar-refractivity contribution in [2.75, 3.05) is 6.26 Å². The maximum Gasteiger partial charge on any atom is 0.325 e. The molecule has 9 N–H and O–H groups in total. The average Bonchev–Trinajstić information content (AvgIpc) is 2.85. The molecule has 1 rings (SSSR count). The van der Waals surface area contributed by atoms with Gasteiger partial charge in [0.2, 0.25) is 0 Å². The van der Waals surface area contributed by atoms with Gasteiger partial charge in [-0.1, -0.05) is 0 Å². The Morgan fingerprint density at radius 3 is 2.67 bits per heavy atom. The lowest BCUT2D eigenvalue weighted by molar-refractivity contribution is -0.144. The minimum Gasteiger partial charge on any atom is -0.480 e. The van der Waals surface area contributed by atoms with E-state index in [1.54, 1.807) is 12.3 Å². The molecule has 0 aliphatic carbocycles. The third-order valence-corrected chi connectivity index (χ3v) is 4.22. The fraction of sp³-hybridized carbons (Fsp3) is 0.556. The number of hydrogen-bond donors (Lipinski definition) is 6. The van der Waals surface area contributed by atoms with Crippen LogP contribution in [0, 0.1) is 0 Å². The van der Waals surface area contributed by atoms with Crippen molar-refractivity contribution in [3.63, 3.8) is 0 Å². The molecule has 0 aliphatic heterocycles. The van der Waals surface area contributed by atoms with E-state index in [0.717, 1.165) is 0 Å². The van der Waals surface area contributed by atoms with Crippen molar-refractivity contribution in [3.8, 4) is 0 Å². The van der Waals surface area contributed by atoms with E-state index in [1.807, 2.05) is 0 Å². The monoisotopic (exact) mass is 274 g/mol. The minimum absolute atomic E-state index is 0.558. The van der Waals surface area contributed by atoms with Crippen molar-refractivity contribution in [1.29, 1.82) is 0 Å². The average molecular weight is 274 g/mol. The van der Waals surface area contributed by atoms with Crippen LogP contribution in [0.1, 0.15) is 12.6 Å². The van der Waals surface area contributed by atoms with Gasteiger partial charge in [0.25, 0.3) is 0 Å². The van der Waals surface area contributed by atoms with E-state index >= 15 is 0 Å². The number of aliphatic carboxylic acids is 1. The van der Waals surface area contributed by atoms with E-state index in [2.05, 4.69) is 15.6 Å². The van der Waals surface area contributed by atoms with Gasteiger partial charge in [0.1, 0.15) is 10.4 Å². The van der Waals surface area contributed by atoms with E-state index in [4.69, 9.17) is 22.4 Å². The number of hydrogen-bond acceptors (Lipinski definition) is 7. The summed E-state index contributed by atoms with van der Waals surface area (Å²) in [6.07, 6.45) is 3.28. The summed E-state index contributed by atoms with van der Waals surface area (Å²) in [5.74, 6) is 4.35. The molecule has 1 aromatic rings. The summed E-state index contributed by atoms with van der Waals surface area (Å²) in [7, 11) is 0. The quantitative estimate of drug-likeness (QED) is 0.208. The van der Waals surface area contributed by atoms with Crippen LogP contribution < -0.4 is 22.7 Å². The maximum atomic E-state index is 11.2. The van der Waals surface area contributed by atoms with Gasteiger partial charge >= 0.3 is 5.97 Å². The molecule has 0 amide bonds. The molecule has 1 heterocycles. The third-order valence-electron chi connectivity index (χ3n) is 2.98. The van der Waals surface area contributed by atoms with Gasteiger partial charge in [-0.3, -0.25) is 15.7 Å². The van der Waals surface area contributed by atoms with E-state index in [0.29, 0.717) is 5.69 Å². The number of aromatic nitrogens is 2. The van der Waals surface area contributed by atoms with Crippen molar-refractivity contribution in [1.82, 2.24) is 15.6 Å². The fourth-order valence-electron chi connectivity index (χ4n) is 1.65. The van der Waals surface area contributed by atoms with Gasteiger partial charge < -0.3 is 16.6 Å². The Balaban J connectivity index is 3.25. The van der Waals surface area contributed by atoms with E-state index in [-0.39, 0.29) is 0 Å². The van der Waals surface area contributed by atoms with E-state index < -0.39 is 22.4 Å². The molecule has 0 fully saturated rings. The zero-order chi connectivity index (χ0) is 14.0. The summed E-state index contributed by atoms with van der Waals surface area (Å²) in [4.78, 5) is 10.1. The molecule has 0 spiro atoms. The second-order valence-corrected chi connectivity index (χ2v) is 5.17. The number of aromatic amines is 1. The Morgan fingerprint density at radius 1 is 1.72 bits per heavy atom. The van der Waals surface area contributed by atoms with Crippen molar-refractivity contribution in [2.24, 2.45) is 17.3 Å². The minimum atomic E-state index is -1.65. The number of rotatable bonds is 6. The first-order valence-electron chi connectivity index (χ1n) is 5.13. The number of thioether (sulfide) groups is 1. The summed E-state index contributed by atoms with van der Waals surface area (Å²) in [6, 6.07) is 0.677. The second kappa shape index (κ2) is 5.24. The highest BCUT2D eigenvalue weighted by atomic mass is 32.2. The van der Waals surface area contributed by atoms with Crippen LogP contribution in [0.25, 0.3) is 0 Å². The van der Waals surface area contributed by atoms with E-state index in [9.17, 15) is 4.79 Å². The Bertz CT molecular complexity index is 403. The summed E-state index contributed by atoms with van der Waals surface area (Å²) < 4.78 is 0. The molecule has 0 radical (unpaired) electrons.